The highest BCUT2D eigenvalue weighted by Crippen LogP contribution is 2.06. The maximum Gasteiger partial charge on any atom is 0.0292 e. The molecule has 1 aromatic carbocycles. The van der Waals surface area contributed by atoms with Crippen molar-refractivity contribution in [2.75, 3.05) is 6.54 Å². The van der Waals surface area contributed by atoms with Crippen molar-refractivity contribution in [3.63, 3.8) is 0 Å². The average molecular weight is 202 g/mol. The minimum absolute atomic E-state index is 0.508. The lowest BCUT2D eigenvalue weighted by Gasteiger charge is -1.96. The van der Waals surface area contributed by atoms with Crippen LogP contribution in [0.2, 0.25) is 0 Å². The summed E-state index contributed by atoms with van der Waals surface area (Å²) >= 11 is 0. The van der Waals surface area contributed by atoms with E-state index in [1.165, 1.54) is 0 Å². The van der Waals surface area contributed by atoms with E-state index in [0.717, 1.165) is 17.5 Å². The normalized spacial score (nSPS) is 10.2. The first-order valence-electron chi connectivity index (χ1n) is 4.83. The molecule has 4 heteroatoms. The Morgan fingerprint density at radius 1 is 1.33 bits per heavy atom. The fourth-order valence-electron chi connectivity index (χ4n) is 1.16. The zero-order valence-electron chi connectivity index (χ0n) is 8.50. The van der Waals surface area contributed by atoms with E-state index in [1.807, 2.05) is 36.4 Å². The maximum atomic E-state index is 8.06. The quantitative estimate of drug-likeness (QED) is 0.339. The maximum absolute atomic E-state index is 8.06. The summed E-state index contributed by atoms with van der Waals surface area (Å²) in [5.41, 5.74) is 15.8. The Hall–Kier alpha value is -1.77. The molecular weight excluding hydrogens is 188 g/mol. The molecule has 0 radical (unpaired) electrons. The molecule has 78 valence electrons. The largest absolute Gasteiger partial charge is 0.326 e. The summed E-state index contributed by atoms with van der Waals surface area (Å²) < 4.78 is 0. The number of benzene rings is 1. The molecule has 0 saturated carbocycles. The van der Waals surface area contributed by atoms with Crippen molar-refractivity contribution in [3.8, 4) is 0 Å². The molecule has 0 spiro atoms. The van der Waals surface area contributed by atoms with Gasteiger partial charge in [-0.3, -0.25) is 0 Å². The molecule has 0 amide bonds. The second-order valence-electron chi connectivity index (χ2n) is 3.09. The van der Waals surface area contributed by atoms with Crippen LogP contribution in [0.15, 0.2) is 35.5 Å². The lowest BCUT2D eigenvalue weighted by molar-refractivity contribution is 0.995. The van der Waals surface area contributed by atoms with Crippen LogP contribution in [0.1, 0.15) is 17.5 Å². The fraction of sp³-hybridized carbons (Fsp3) is 0.273. The first kappa shape index (κ1) is 11.3. The van der Waals surface area contributed by atoms with E-state index in [0.29, 0.717) is 13.1 Å². The topological polar surface area (TPSA) is 74.8 Å². The highest BCUT2D eigenvalue weighted by molar-refractivity contribution is 5.49. The van der Waals surface area contributed by atoms with Gasteiger partial charge in [-0.1, -0.05) is 41.5 Å². The summed E-state index contributed by atoms with van der Waals surface area (Å²) in [6, 6.07) is 8.05. The van der Waals surface area contributed by atoms with Crippen LogP contribution in [-0.4, -0.2) is 6.54 Å². The second-order valence-corrected chi connectivity index (χ2v) is 3.09. The van der Waals surface area contributed by atoms with E-state index in [4.69, 9.17) is 11.3 Å². The van der Waals surface area contributed by atoms with Gasteiger partial charge in [-0.05, 0) is 23.1 Å². The number of rotatable bonds is 5. The van der Waals surface area contributed by atoms with E-state index < -0.39 is 0 Å². The van der Waals surface area contributed by atoms with Gasteiger partial charge in [0.2, 0.25) is 0 Å². The molecular formula is C11H14N4. The zero-order chi connectivity index (χ0) is 10.9. The predicted octanol–water partition coefficient (Wildman–Crippen LogP) is 2.86. The Morgan fingerprint density at radius 3 is 2.67 bits per heavy atom. The van der Waals surface area contributed by atoms with Crippen molar-refractivity contribution in [2.45, 2.75) is 13.0 Å². The lowest BCUT2D eigenvalue weighted by atomic mass is 10.1. The van der Waals surface area contributed by atoms with Crippen LogP contribution in [0.3, 0.4) is 0 Å². The van der Waals surface area contributed by atoms with Crippen LogP contribution in [0.4, 0.5) is 0 Å². The molecule has 1 rings (SSSR count). The summed E-state index contributed by atoms with van der Waals surface area (Å²) in [6.07, 6.45) is 4.77. The van der Waals surface area contributed by atoms with Crippen LogP contribution >= 0.6 is 0 Å². The summed E-state index contributed by atoms with van der Waals surface area (Å²) in [5.74, 6) is 0. The van der Waals surface area contributed by atoms with Gasteiger partial charge in [-0.2, -0.15) is 0 Å². The van der Waals surface area contributed by atoms with Gasteiger partial charge in [0.25, 0.3) is 0 Å². The van der Waals surface area contributed by atoms with Gasteiger partial charge in [0.05, 0.1) is 0 Å². The molecule has 0 fully saturated rings. The smallest absolute Gasteiger partial charge is 0.0292 e. The Bertz CT molecular complexity index is 361. The highest BCUT2D eigenvalue weighted by Gasteiger charge is 1.88. The van der Waals surface area contributed by atoms with Crippen LogP contribution in [0.25, 0.3) is 16.5 Å². The van der Waals surface area contributed by atoms with E-state index in [1.54, 1.807) is 0 Å². The van der Waals surface area contributed by atoms with Crippen molar-refractivity contribution in [2.24, 2.45) is 10.8 Å². The van der Waals surface area contributed by atoms with Gasteiger partial charge in [0.1, 0.15) is 0 Å². The van der Waals surface area contributed by atoms with Crippen molar-refractivity contribution in [1.82, 2.24) is 0 Å². The molecule has 2 N–H and O–H groups in total. The highest BCUT2D eigenvalue weighted by atomic mass is 15.1. The van der Waals surface area contributed by atoms with Gasteiger partial charge in [0, 0.05) is 18.0 Å². The molecule has 0 heterocycles. The SMILES string of the molecule is [N-]=[N+]=NCCC=Cc1ccc(CN)cc1. The molecule has 0 atom stereocenters. The minimum atomic E-state index is 0.508. The average Bonchev–Trinajstić information content (AvgIpc) is 2.30. The standard InChI is InChI=1S/C11H14N4/c12-9-11-6-4-10(5-7-11)3-1-2-8-14-15-13/h1,3-7H,2,8-9,12H2. The number of nitrogens with zero attached hydrogens (tertiary/aromatic N) is 3. The first-order valence-corrected chi connectivity index (χ1v) is 4.83. The Balaban J connectivity index is 2.46. The summed E-state index contributed by atoms with van der Waals surface area (Å²) in [5, 5.41) is 3.44. The number of hydrogen-bond donors (Lipinski definition) is 1. The van der Waals surface area contributed by atoms with Gasteiger partial charge >= 0.3 is 0 Å². The summed E-state index contributed by atoms with van der Waals surface area (Å²) in [6.45, 7) is 1.08. The molecule has 0 aliphatic heterocycles. The summed E-state index contributed by atoms with van der Waals surface area (Å²) in [4.78, 5) is 2.68. The molecule has 15 heavy (non-hydrogen) atoms. The van der Waals surface area contributed by atoms with E-state index >= 15 is 0 Å². The molecule has 0 bridgehead atoms. The molecule has 1 aromatic rings. The second kappa shape index (κ2) is 6.65. The van der Waals surface area contributed by atoms with Gasteiger partial charge in [-0.25, -0.2) is 0 Å². The van der Waals surface area contributed by atoms with Crippen molar-refractivity contribution in [1.29, 1.82) is 0 Å². The van der Waals surface area contributed by atoms with Crippen molar-refractivity contribution in [3.05, 3.63) is 51.9 Å². The van der Waals surface area contributed by atoms with Gasteiger partial charge in [-0.15, -0.1) is 0 Å². The molecule has 0 unspecified atom stereocenters. The van der Waals surface area contributed by atoms with Crippen LogP contribution < -0.4 is 5.73 Å². The first-order chi connectivity index (χ1) is 7.36. The van der Waals surface area contributed by atoms with E-state index in [9.17, 15) is 0 Å². The van der Waals surface area contributed by atoms with Gasteiger partial charge in [0.15, 0.2) is 0 Å². The molecule has 0 aliphatic rings. The fourth-order valence-corrected chi connectivity index (χ4v) is 1.16. The Labute approximate surface area is 89.0 Å². The number of azide groups is 1. The van der Waals surface area contributed by atoms with Crippen molar-refractivity contribution >= 4 is 6.08 Å². The van der Waals surface area contributed by atoms with Crippen LogP contribution in [-0.2, 0) is 6.54 Å². The van der Waals surface area contributed by atoms with E-state index in [2.05, 4.69) is 10.0 Å². The van der Waals surface area contributed by atoms with Gasteiger partial charge < -0.3 is 5.73 Å². The minimum Gasteiger partial charge on any atom is -0.326 e. The third kappa shape index (κ3) is 4.31. The third-order valence-corrected chi connectivity index (χ3v) is 1.98. The zero-order valence-corrected chi connectivity index (χ0v) is 8.50. The third-order valence-electron chi connectivity index (χ3n) is 1.98. The molecule has 0 saturated heterocycles. The van der Waals surface area contributed by atoms with Crippen molar-refractivity contribution < 1.29 is 0 Å². The van der Waals surface area contributed by atoms with E-state index in [-0.39, 0.29) is 0 Å². The summed E-state index contributed by atoms with van der Waals surface area (Å²) in [7, 11) is 0. The predicted molar refractivity (Wildman–Crippen MR) is 62.0 cm³/mol. The number of hydrogen-bond acceptors (Lipinski definition) is 2. The Morgan fingerprint density at radius 2 is 2.07 bits per heavy atom. The lowest BCUT2D eigenvalue weighted by Crippen LogP contribution is -1.94. The number of nitrogens with two attached hydrogens (primary N) is 1. The molecule has 0 aliphatic carbocycles. The monoisotopic (exact) mass is 202 g/mol. The molecule has 4 nitrogen and oxygen atoms in total. The van der Waals surface area contributed by atoms with Crippen LogP contribution in [0, 0.1) is 0 Å². The molecule has 0 aromatic heterocycles. The Kier molecular flexibility index (Phi) is 5.01. The van der Waals surface area contributed by atoms with Crippen LogP contribution in [0.5, 0.6) is 0 Å².